The molecular weight excluding hydrogens is 216 g/mol. The number of aromatic nitrogens is 3. The van der Waals surface area contributed by atoms with E-state index in [0.29, 0.717) is 17.7 Å². The molecule has 2 heterocycles. The highest BCUT2D eigenvalue weighted by Crippen LogP contribution is 2.27. The van der Waals surface area contributed by atoms with Crippen LogP contribution in [0.15, 0.2) is 12.1 Å². The third kappa shape index (κ3) is 1.92. The van der Waals surface area contributed by atoms with Crippen LogP contribution in [0, 0.1) is 5.92 Å². The van der Waals surface area contributed by atoms with Crippen molar-refractivity contribution in [2.24, 2.45) is 5.92 Å². The summed E-state index contributed by atoms with van der Waals surface area (Å²) in [4.78, 5) is 8.73. The first-order valence-electron chi connectivity index (χ1n) is 5.73. The SMILES string of the molecule is COc1ccc2nc(N)n(C(C)C(C)C)c2n1. The predicted octanol–water partition coefficient (Wildman–Crippen LogP) is 2.24. The molecule has 5 heteroatoms. The van der Waals surface area contributed by atoms with Crippen molar-refractivity contribution in [1.82, 2.24) is 14.5 Å². The zero-order valence-electron chi connectivity index (χ0n) is 10.6. The molecule has 0 bridgehead atoms. The number of imidazole rings is 1. The minimum Gasteiger partial charge on any atom is -0.481 e. The van der Waals surface area contributed by atoms with Gasteiger partial charge in [0.2, 0.25) is 11.8 Å². The Labute approximate surface area is 101 Å². The van der Waals surface area contributed by atoms with Crippen LogP contribution in [0.25, 0.3) is 11.2 Å². The van der Waals surface area contributed by atoms with Gasteiger partial charge in [0.05, 0.1) is 7.11 Å². The first kappa shape index (κ1) is 11.7. The maximum absolute atomic E-state index is 5.95. The number of fused-ring (bicyclic) bond motifs is 1. The zero-order chi connectivity index (χ0) is 12.6. The maximum atomic E-state index is 5.95. The summed E-state index contributed by atoms with van der Waals surface area (Å²) in [5.74, 6) is 1.54. The Balaban J connectivity index is 2.64. The third-order valence-electron chi connectivity index (χ3n) is 3.12. The van der Waals surface area contributed by atoms with Crippen LogP contribution in [0.4, 0.5) is 5.95 Å². The molecular formula is C12H18N4O. The summed E-state index contributed by atoms with van der Waals surface area (Å²) in [6, 6.07) is 3.92. The second-order valence-corrected chi connectivity index (χ2v) is 4.52. The Kier molecular flexibility index (Phi) is 2.92. The van der Waals surface area contributed by atoms with Crippen molar-refractivity contribution in [3.05, 3.63) is 12.1 Å². The molecule has 0 saturated carbocycles. The minimum atomic E-state index is 0.250. The number of anilines is 1. The molecule has 0 aliphatic heterocycles. The molecule has 0 amide bonds. The molecule has 0 saturated heterocycles. The van der Waals surface area contributed by atoms with Gasteiger partial charge in [-0.15, -0.1) is 0 Å². The van der Waals surface area contributed by atoms with Crippen LogP contribution in [0.1, 0.15) is 26.8 Å². The van der Waals surface area contributed by atoms with Gasteiger partial charge in [-0.1, -0.05) is 13.8 Å². The fraction of sp³-hybridized carbons (Fsp3) is 0.500. The number of rotatable bonds is 3. The van der Waals surface area contributed by atoms with E-state index in [2.05, 4.69) is 30.7 Å². The van der Waals surface area contributed by atoms with Gasteiger partial charge in [-0.25, -0.2) is 4.98 Å². The quantitative estimate of drug-likeness (QED) is 0.884. The highest BCUT2D eigenvalue weighted by atomic mass is 16.5. The van der Waals surface area contributed by atoms with E-state index in [0.717, 1.165) is 11.2 Å². The Bertz CT molecular complexity index is 533. The van der Waals surface area contributed by atoms with E-state index in [-0.39, 0.29) is 6.04 Å². The lowest BCUT2D eigenvalue weighted by atomic mass is 10.1. The van der Waals surface area contributed by atoms with E-state index in [4.69, 9.17) is 10.5 Å². The molecule has 0 aliphatic rings. The fourth-order valence-electron chi connectivity index (χ4n) is 1.79. The molecule has 0 aromatic carbocycles. The average molecular weight is 234 g/mol. The summed E-state index contributed by atoms with van der Waals surface area (Å²) in [7, 11) is 1.60. The van der Waals surface area contributed by atoms with Gasteiger partial charge < -0.3 is 10.5 Å². The van der Waals surface area contributed by atoms with E-state index in [9.17, 15) is 0 Å². The molecule has 2 aromatic heterocycles. The van der Waals surface area contributed by atoms with Crippen LogP contribution in [-0.4, -0.2) is 21.6 Å². The summed E-state index contributed by atoms with van der Waals surface area (Å²) < 4.78 is 7.09. The first-order chi connectivity index (χ1) is 8.04. The van der Waals surface area contributed by atoms with Crippen molar-refractivity contribution in [3.63, 3.8) is 0 Å². The van der Waals surface area contributed by atoms with Crippen molar-refractivity contribution in [2.45, 2.75) is 26.8 Å². The number of methoxy groups -OCH3 is 1. The Hall–Kier alpha value is -1.78. The van der Waals surface area contributed by atoms with Crippen molar-refractivity contribution < 1.29 is 4.74 Å². The van der Waals surface area contributed by atoms with Crippen molar-refractivity contribution in [3.8, 4) is 5.88 Å². The molecule has 1 atom stereocenters. The van der Waals surface area contributed by atoms with Gasteiger partial charge in [0.15, 0.2) is 5.65 Å². The van der Waals surface area contributed by atoms with Crippen LogP contribution in [-0.2, 0) is 0 Å². The second kappa shape index (κ2) is 4.24. The molecule has 0 radical (unpaired) electrons. The predicted molar refractivity (Wildman–Crippen MR) is 68.0 cm³/mol. The van der Waals surface area contributed by atoms with Gasteiger partial charge >= 0.3 is 0 Å². The first-order valence-corrected chi connectivity index (χ1v) is 5.73. The van der Waals surface area contributed by atoms with Crippen molar-refractivity contribution in [2.75, 3.05) is 12.8 Å². The normalized spacial score (nSPS) is 13.2. The van der Waals surface area contributed by atoms with Gasteiger partial charge in [0, 0.05) is 12.1 Å². The fourth-order valence-corrected chi connectivity index (χ4v) is 1.79. The third-order valence-corrected chi connectivity index (χ3v) is 3.12. The van der Waals surface area contributed by atoms with Crippen LogP contribution >= 0.6 is 0 Å². The number of hydrogen-bond acceptors (Lipinski definition) is 4. The molecule has 0 aliphatic carbocycles. The van der Waals surface area contributed by atoms with Gasteiger partial charge in [-0.05, 0) is 18.9 Å². The van der Waals surface area contributed by atoms with Gasteiger partial charge in [-0.3, -0.25) is 4.57 Å². The molecule has 0 spiro atoms. The van der Waals surface area contributed by atoms with Crippen molar-refractivity contribution in [1.29, 1.82) is 0 Å². The summed E-state index contributed by atoms with van der Waals surface area (Å²) in [6.07, 6.45) is 0. The summed E-state index contributed by atoms with van der Waals surface area (Å²) in [6.45, 7) is 6.41. The monoisotopic (exact) mass is 234 g/mol. The molecule has 2 aromatic rings. The summed E-state index contributed by atoms with van der Waals surface area (Å²) in [5.41, 5.74) is 7.54. The highest BCUT2D eigenvalue weighted by Gasteiger charge is 2.18. The molecule has 1 unspecified atom stereocenters. The second-order valence-electron chi connectivity index (χ2n) is 4.52. The van der Waals surface area contributed by atoms with Crippen molar-refractivity contribution >= 4 is 17.1 Å². The summed E-state index contributed by atoms with van der Waals surface area (Å²) >= 11 is 0. The van der Waals surface area contributed by atoms with E-state index in [1.54, 1.807) is 13.2 Å². The number of nitrogens with zero attached hydrogens (tertiary/aromatic N) is 3. The largest absolute Gasteiger partial charge is 0.481 e. The molecule has 0 fully saturated rings. The average Bonchev–Trinajstić information content (AvgIpc) is 2.62. The maximum Gasteiger partial charge on any atom is 0.215 e. The molecule has 2 N–H and O–H groups in total. The molecule has 17 heavy (non-hydrogen) atoms. The molecule has 2 rings (SSSR count). The summed E-state index contributed by atoms with van der Waals surface area (Å²) in [5, 5.41) is 0. The highest BCUT2D eigenvalue weighted by molar-refractivity contribution is 5.75. The Morgan fingerprint density at radius 1 is 1.24 bits per heavy atom. The van der Waals surface area contributed by atoms with Crippen LogP contribution in [0.5, 0.6) is 5.88 Å². The smallest absolute Gasteiger partial charge is 0.215 e. The van der Waals surface area contributed by atoms with Crippen LogP contribution < -0.4 is 10.5 Å². The number of nitrogens with two attached hydrogens (primary N) is 1. The molecule has 5 nitrogen and oxygen atoms in total. The van der Waals surface area contributed by atoms with Gasteiger partial charge in [0.1, 0.15) is 5.52 Å². The van der Waals surface area contributed by atoms with Crippen LogP contribution in [0.3, 0.4) is 0 Å². The van der Waals surface area contributed by atoms with E-state index >= 15 is 0 Å². The number of pyridine rings is 1. The number of ether oxygens (including phenoxy) is 1. The topological polar surface area (TPSA) is 66.0 Å². The van der Waals surface area contributed by atoms with E-state index < -0.39 is 0 Å². The van der Waals surface area contributed by atoms with E-state index in [1.165, 1.54) is 0 Å². The van der Waals surface area contributed by atoms with Gasteiger partial charge in [-0.2, -0.15) is 4.98 Å². The standard InChI is InChI=1S/C12H18N4O/c1-7(2)8(3)16-11-9(14-12(16)13)5-6-10(15-11)17-4/h5-8H,1-4H3,(H2,13,14). The van der Waals surface area contributed by atoms with Gasteiger partial charge in [0.25, 0.3) is 0 Å². The number of hydrogen-bond donors (Lipinski definition) is 1. The lowest BCUT2D eigenvalue weighted by Gasteiger charge is -2.19. The minimum absolute atomic E-state index is 0.250. The lowest BCUT2D eigenvalue weighted by molar-refractivity contribution is 0.394. The van der Waals surface area contributed by atoms with E-state index in [1.807, 2.05) is 10.6 Å². The number of nitrogen functional groups attached to an aromatic ring is 1. The Morgan fingerprint density at radius 3 is 2.53 bits per heavy atom. The molecule has 92 valence electrons. The van der Waals surface area contributed by atoms with Crippen LogP contribution in [0.2, 0.25) is 0 Å². The lowest BCUT2D eigenvalue weighted by Crippen LogP contribution is -2.14. The Morgan fingerprint density at radius 2 is 1.94 bits per heavy atom. The zero-order valence-corrected chi connectivity index (χ0v) is 10.6.